The van der Waals surface area contributed by atoms with Crippen LogP contribution in [0.25, 0.3) is 0 Å². The molecule has 0 bridgehead atoms. The molecule has 3 rings (SSSR count). The molecule has 1 aromatic rings. The van der Waals surface area contributed by atoms with Crippen molar-refractivity contribution in [2.45, 2.75) is 44.9 Å². The molecule has 1 N–H and O–H groups in total. The van der Waals surface area contributed by atoms with Gasteiger partial charge < -0.3 is 15.0 Å². The summed E-state index contributed by atoms with van der Waals surface area (Å²) in [5.74, 6) is 0.117. The Morgan fingerprint density at radius 1 is 1.33 bits per heavy atom. The third-order valence-electron chi connectivity index (χ3n) is 4.32. The number of ether oxygens (including phenoxy) is 1. The number of hydrogen-bond acceptors (Lipinski definition) is 3. The lowest BCUT2D eigenvalue weighted by molar-refractivity contribution is -0.147. The molecule has 1 heterocycles. The van der Waals surface area contributed by atoms with Crippen molar-refractivity contribution in [2.75, 3.05) is 19.7 Å². The Kier molecular flexibility index (Phi) is 4.00. The molecule has 0 spiro atoms. The fourth-order valence-corrected chi connectivity index (χ4v) is 2.60. The van der Waals surface area contributed by atoms with Crippen molar-refractivity contribution >= 4 is 5.91 Å². The minimum atomic E-state index is -0.158. The molecule has 1 aliphatic heterocycles. The summed E-state index contributed by atoms with van der Waals surface area (Å²) in [7, 11) is 0. The first-order valence-corrected chi connectivity index (χ1v) is 7.75. The van der Waals surface area contributed by atoms with Crippen molar-refractivity contribution in [3.05, 3.63) is 35.4 Å². The largest absolute Gasteiger partial charge is 0.363 e. The average molecular weight is 288 g/mol. The molecule has 0 radical (unpaired) electrons. The number of aryl methyl sites for hydroxylation is 1. The molecular formula is C17H24N2O2. The van der Waals surface area contributed by atoms with Gasteiger partial charge in [0.1, 0.15) is 6.61 Å². The summed E-state index contributed by atoms with van der Waals surface area (Å²) in [5, 5.41) is 3.18. The summed E-state index contributed by atoms with van der Waals surface area (Å²) in [6, 6.07) is 8.83. The summed E-state index contributed by atoms with van der Waals surface area (Å²) < 4.78 is 5.79. The van der Waals surface area contributed by atoms with Crippen LogP contribution in [-0.4, -0.2) is 42.1 Å². The van der Waals surface area contributed by atoms with E-state index in [2.05, 4.69) is 43.4 Å². The number of nitrogens with one attached hydrogen (secondary N) is 1. The summed E-state index contributed by atoms with van der Waals surface area (Å²) in [5.41, 5.74) is 2.28. The lowest BCUT2D eigenvalue weighted by Gasteiger charge is -2.39. The predicted molar refractivity (Wildman–Crippen MR) is 82.0 cm³/mol. The number of amides is 1. The SMILES string of the molecule is Cc1ccc(CN(C(=O)COC2(C)CNC2)C2CC2)cc1. The van der Waals surface area contributed by atoms with Gasteiger partial charge >= 0.3 is 0 Å². The normalized spacial score (nSPS) is 19.9. The molecule has 4 heteroatoms. The number of benzene rings is 1. The first-order valence-electron chi connectivity index (χ1n) is 7.75. The van der Waals surface area contributed by atoms with Crippen molar-refractivity contribution < 1.29 is 9.53 Å². The topological polar surface area (TPSA) is 41.6 Å². The molecule has 2 fully saturated rings. The maximum atomic E-state index is 12.5. The predicted octanol–water partition coefficient (Wildman–Crippen LogP) is 1.86. The molecule has 0 atom stereocenters. The number of rotatable bonds is 6. The smallest absolute Gasteiger partial charge is 0.249 e. The second kappa shape index (κ2) is 5.78. The Hall–Kier alpha value is -1.39. The van der Waals surface area contributed by atoms with E-state index in [1.807, 2.05) is 4.90 Å². The van der Waals surface area contributed by atoms with Crippen molar-refractivity contribution in [2.24, 2.45) is 0 Å². The number of carbonyl (C=O) groups is 1. The van der Waals surface area contributed by atoms with E-state index < -0.39 is 0 Å². The van der Waals surface area contributed by atoms with Crippen LogP contribution < -0.4 is 5.32 Å². The quantitative estimate of drug-likeness (QED) is 0.869. The molecular weight excluding hydrogens is 264 g/mol. The summed E-state index contributed by atoms with van der Waals surface area (Å²) >= 11 is 0. The second-order valence-corrected chi connectivity index (χ2v) is 6.58. The van der Waals surface area contributed by atoms with E-state index >= 15 is 0 Å². The van der Waals surface area contributed by atoms with Crippen molar-refractivity contribution in [3.63, 3.8) is 0 Å². The standard InChI is InChI=1S/C17H24N2O2/c1-13-3-5-14(6-4-13)9-19(15-7-8-15)16(20)10-21-17(2)11-18-12-17/h3-6,15,18H,7-12H2,1-2H3. The molecule has 0 unspecified atom stereocenters. The van der Waals surface area contributed by atoms with E-state index in [1.165, 1.54) is 11.1 Å². The Morgan fingerprint density at radius 2 is 2.00 bits per heavy atom. The van der Waals surface area contributed by atoms with Crippen LogP contribution in [0, 0.1) is 6.92 Å². The van der Waals surface area contributed by atoms with Crippen LogP contribution in [0.3, 0.4) is 0 Å². The third-order valence-corrected chi connectivity index (χ3v) is 4.32. The number of carbonyl (C=O) groups excluding carboxylic acids is 1. The van der Waals surface area contributed by atoms with Crippen LogP contribution in [0.1, 0.15) is 30.9 Å². The number of nitrogens with zero attached hydrogens (tertiary/aromatic N) is 1. The lowest BCUT2D eigenvalue weighted by atomic mass is 10.0. The molecule has 1 saturated heterocycles. The second-order valence-electron chi connectivity index (χ2n) is 6.58. The maximum absolute atomic E-state index is 12.5. The van der Waals surface area contributed by atoms with Crippen molar-refractivity contribution in [3.8, 4) is 0 Å². The fourth-order valence-electron chi connectivity index (χ4n) is 2.60. The van der Waals surface area contributed by atoms with E-state index in [9.17, 15) is 4.79 Å². The van der Waals surface area contributed by atoms with Crippen LogP contribution in [0.5, 0.6) is 0 Å². The van der Waals surface area contributed by atoms with Crippen LogP contribution in [0.15, 0.2) is 24.3 Å². The van der Waals surface area contributed by atoms with E-state index in [0.717, 1.165) is 25.9 Å². The van der Waals surface area contributed by atoms with Gasteiger partial charge in [-0.15, -0.1) is 0 Å². The Labute approximate surface area is 126 Å². The highest BCUT2D eigenvalue weighted by Gasteiger charge is 2.36. The van der Waals surface area contributed by atoms with Gasteiger partial charge in [0, 0.05) is 25.7 Å². The highest BCUT2D eigenvalue weighted by atomic mass is 16.5. The lowest BCUT2D eigenvalue weighted by Crippen LogP contribution is -2.59. The zero-order valence-electron chi connectivity index (χ0n) is 12.9. The van der Waals surface area contributed by atoms with Crippen LogP contribution >= 0.6 is 0 Å². The van der Waals surface area contributed by atoms with Gasteiger partial charge in [-0.2, -0.15) is 0 Å². The Morgan fingerprint density at radius 3 is 2.52 bits per heavy atom. The minimum Gasteiger partial charge on any atom is -0.363 e. The molecule has 114 valence electrons. The summed E-state index contributed by atoms with van der Waals surface area (Å²) in [6.45, 7) is 6.69. The van der Waals surface area contributed by atoms with E-state index in [1.54, 1.807) is 0 Å². The maximum Gasteiger partial charge on any atom is 0.249 e. The van der Waals surface area contributed by atoms with E-state index in [4.69, 9.17) is 4.74 Å². The first-order chi connectivity index (χ1) is 10.1. The zero-order valence-corrected chi connectivity index (χ0v) is 12.9. The van der Waals surface area contributed by atoms with Gasteiger partial charge in [-0.3, -0.25) is 4.79 Å². The first kappa shape index (κ1) is 14.5. The summed E-state index contributed by atoms with van der Waals surface area (Å²) in [6.07, 6.45) is 2.24. The van der Waals surface area contributed by atoms with E-state index in [0.29, 0.717) is 12.6 Å². The molecule has 0 aromatic heterocycles. The molecule has 1 amide bonds. The molecule has 1 aromatic carbocycles. The summed E-state index contributed by atoms with van der Waals surface area (Å²) in [4.78, 5) is 14.4. The van der Waals surface area contributed by atoms with Gasteiger partial charge in [0.25, 0.3) is 0 Å². The minimum absolute atomic E-state index is 0.117. The highest BCUT2D eigenvalue weighted by molar-refractivity contribution is 5.78. The number of hydrogen-bond donors (Lipinski definition) is 1. The van der Waals surface area contributed by atoms with Gasteiger partial charge in [0.2, 0.25) is 5.91 Å². The van der Waals surface area contributed by atoms with Crippen molar-refractivity contribution in [1.29, 1.82) is 0 Å². The van der Waals surface area contributed by atoms with Gasteiger partial charge in [0.05, 0.1) is 5.60 Å². The van der Waals surface area contributed by atoms with Gasteiger partial charge in [-0.1, -0.05) is 29.8 Å². The van der Waals surface area contributed by atoms with Crippen molar-refractivity contribution in [1.82, 2.24) is 10.2 Å². The fraction of sp³-hybridized carbons (Fsp3) is 0.588. The van der Waals surface area contributed by atoms with Gasteiger partial charge in [-0.05, 0) is 32.3 Å². The van der Waals surface area contributed by atoms with Crippen LogP contribution in [0.4, 0.5) is 0 Å². The molecule has 4 nitrogen and oxygen atoms in total. The monoisotopic (exact) mass is 288 g/mol. The van der Waals surface area contributed by atoms with Crippen LogP contribution in [-0.2, 0) is 16.1 Å². The van der Waals surface area contributed by atoms with Gasteiger partial charge in [-0.25, -0.2) is 0 Å². The Balaban J connectivity index is 1.58. The molecule has 1 aliphatic carbocycles. The molecule has 2 aliphatic rings. The van der Waals surface area contributed by atoms with Gasteiger partial charge in [0.15, 0.2) is 0 Å². The van der Waals surface area contributed by atoms with Crippen LogP contribution in [0.2, 0.25) is 0 Å². The third kappa shape index (κ3) is 3.63. The highest BCUT2D eigenvalue weighted by Crippen LogP contribution is 2.29. The van der Waals surface area contributed by atoms with E-state index in [-0.39, 0.29) is 18.1 Å². The molecule has 21 heavy (non-hydrogen) atoms. The molecule has 1 saturated carbocycles. The Bertz CT molecular complexity index is 504. The average Bonchev–Trinajstić information content (AvgIpc) is 3.26. The zero-order chi connectivity index (χ0) is 14.9.